The van der Waals surface area contributed by atoms with E-state index >= 15 is 0 Å². The van der Waals surface area contributed by atoms with Crippen molar-refractivity contribution in [1.29, 1.82) is 0 Å². The van der Waals surface area contributed by atoms with Crippen LogP contribution in [0, 0.1) is 20.8 Å². The molecule has 2 aromatic heterocycles. The fourth-order valence-electron chi connectivity index (χ4n) is 2.52. The van der Waals surface area contributed by atoms with Crippen molar-refractivity contribution >= 4 is 26.7 Å². The van der Waals surface area contributed by atoms with E-state index in [0.29, 0.717) is 10.9 Å². The van der Waals surface area contributed by atoms with Crippen molar-refractivity contribution in [3.05, 3.63) is 45.6 Å². The molecule has 2 heterocycles. The van der Waals surface area contributed by atoms with Gasteiger partial charge in [0, 0.05) is 11.5 Å². The molecule has 0 unspecified atom stereocenters. The first-order valence-corrected chi connectivity index (χ1v) is 8.41. The molecule has 3 rings (SSSR count). The average Bonchev–Trinajstić information content (AvgIpc) is 2.82. The fraction of sp³-hybridized carbons (Fsp3) is 0.200. The van der Waals surface area contributed by atoms with Gasteiger partial charge in [-0.15, -0.1) is 0 Å². The van der Waals surface area contributed by atoms with Crippen molar-refractivity contribution in [3.63, 3.8) is 0 Å². The molecule has 0 aliphatic carbocycles. The Hall–Kier alpha value is -2.81. The van der Waals surface area contributed by atoms with Gasteiger partial charge in [-0.3, -0.25) is 4.72 Å². The van der Waals surface area contributed by atoms with Gasteiger partial charge in [-0.1, -0.05) is 5.16 Å². The second-order valence-electron chi connectivity index (χ2n) is 5.34. The molecule has 0 saturated heterocycles. The second kappa shape index (κ2) is 5.38. The van der Waals surface area contributed by atoms with E-state index in [2.05, 4.69) is 9.88 Å². The second-order valence-corrected chi connectivity index (χ2v) is 6.96. The highest BCUT2D eigenvalue weighted by atomic mass is 32.2. The van der Waals surface area contributed by atoms with E-state index in [1.807, 2.05) is 0 Å². The summed E-state index contributed by atoms with van der Waals surface area (Å²) in [4.78, 5) is 11.5. The van der Waals surface area contributed by atoms with Gasteiger partial charge in [0.1, 0.15) is 17.1 Å². The van der Waals surface area contributed by atoms with Crippen molar-refractivity contribution < 1.29 is 22.5 Å². The number of rotatable bonds is 3. The number of phenols is 1. The lowest BCUT2D eigenvalue weighted by Gasteiger charge is -2.12. The van der Waals surface area contributed by atoms with Crippen LogP contribution in [0.4, 0.5) is 5.69 Å². The summed E-state index contributed by atoms with van der Waals surface area (Å²) in [6.45, 7) is 4.63. The maximum Gasteiger partial charge on any atom is 0.336 e. The topological polar surface area (TPSA) is 123 Å². The highest BCUT2D eigenvalue weighted by Crippen LogP contribution is 2.35. The fourth-order valence-corrected chi connectivity index (χ4v) is 3.93. The van der Waals surface area contributed by atoms with Gasteiger partial charge in [0.15, 0.2) is 16.2 Å². The highest BCUT2D eigenvalue weighted by Gasteiger charge is 2.26. The lowest BCUT2D eigenvalue weighted by molar-refractivity contribution is 0.390. The number of aromatic hydroxyl groups is 1. The number of benzene rings is 1. The first-order chi connectivity index (χ1) is 11.2. The number of aromatic nitrogens is 1. The van der Waals surface area contributed by atoms with Gasteiger partial charge in [0.25, 0.3) is 10.0 Å². The highest BCUT2D eigenvalue weighted by molar-refractivity contribution is 7.92. The minimum absolute atomic E-state index is 0.0460. The third-order valence-electron chi connectivity index (χ3n) is 3.57. The summed E-state index contributed by atoms with van der Waals surface area (Å²) in [5.41, 5.74) is -0.136. The first-order valence-electron chi connectivity index (χ1n) is 6.93. The van der Waals surface area contributed by atoms with Crippen LogP contribution in [-0.4, -0.2) is 18.7 Å². The zero-order valence-electron chi connectivity index (χ0n) is 13.1. The molecule has 0 fully saturated rings. The van der Waals surface area contributed by atoms with Crippen LogP contribution >= 0.6 is 0 Å². The summed E-state index contributed by atoms with van der Waals surface area (Å²) < 4.78 is 37.5. The Morgan fingerprint density at radius 3 is 2.54 bits per heavy atom. The minimum atomic E-state index is -4.10. The largest absolute Gasteiger partial charge is 0.506 e. The Morgan fingerprint density at radius 2 is 1.92 bits per heavy atom. The molecule has 2 N–H and O–H groups in total. The molecule has 0 saturated carbocycles. The van der Waals surface area contributed by atoms with Crippen LogP contribution in [0.3, 0.4) is 0 Å². The van der Waals surface area contributed by atoms with Crippen LogP contribution in [0.15, 0.2) is 36.8 Å². The molecule has 0 aliphatic heterocycles. The maximum absolute atomic E-state index is 12.6. The molecule has 0 spiro atoms. The third kappa shape index (κ3) is 2.52. The molecule has 3 aromatic rings. The molecular weight excluding hydrogens is 336 g/mol. The monoisotopic (exact) mass is 350 g/mol. The minimum Gasteiger partial charge on any atom is -0.506 e. The van der Waals surface area contributed by atoms with Gasteiger partial charge in [-0.2, -0.15) is 0 Å². The molecule has 126 valence electrons. The number of nitrogens with zero attached hydrogens (tertiary/aromatic N) is 1. The molecule has 0 atom stereocenters. The number of anilines is 1. The van der Waals surface area contributed by atoms with Crippen LogP contribution < -0.4 is 10.3 Å². The maximum atomic E-state index is 12.6. The summed E-state index contributed by atoms with van der Waals surface area (Å²) in [6.07, 6.45) is 0. The number of nitrogens with one attached hydrogen (secondary N) is 1. The number of fused-ring (bicyclic) bond motifs is 1. The van der Waals surface area contributed by atoms with Crippen LogP contribution in [0.2, 0.25) is 0 Å². The number of sulfonamides is 1. The predicted molar refractivity (Wildman–Crippen MR) is 85.7 cm³/mol. The van der Waals surface area contributed by atoms with Crippen LogP contribution in [0.1, 0.15) is 17.0 Å². The van der Waals surface area contributed by atoms with Crippen LogP contribution in [0.5, 0.6) is 5.75 Å². The number of phenolic OH excluding ortho intramolecular Hbond substituents is 1. The number of aryl methyl sites for hydroxylation is 3. The van der Waals surface area contributed by atoms with Gasteiger partial charge in [-0.05, 0) is 38.5 Å². The van der Waals surface area contributed by atoms with E-state index in [-0.39, 0.29) is 33.4 Å². The Bertz CT molecular complexity index is 1090. The SMILES string of the molecule is Cc1noc(C)c1S(=O)(=O)Nc1c(O)ccc2c(C)cc(=O)oc12. The van der Waals surface area contributed by atoms with E-state index in [4.69, 9.17) is 8.94 Å². The zero-order valence-corrected chi connectivity index (χ0v) is 13.9. The van der Waals surface area contributed by atoms with E-state index in [1.165, 1.54) is 32.0 Å². The molecule has 0 bridgehead atoms. The van der Waals surface area contributed by atoms with Gasteiger partial charge in [0.2, 0.25) is 0 Å². The van der Waals surface area contributed by atoms with Crippen molar-refractivity contribution in [2.24, 2.45) is 0 Å². The summed E-state index contributed by atoms with van der Waals surface area (Å²) >= 11 is 0. The summed E-state index contributed by atoms with van der Waals surface area (Å²) in [7, 11) is -4.10. The average molecular weight is 350 g/mol. The molecule has 0 radical (unpaired) electrons. The Kier molecular flexibility index (Phi) is 3.60. The third-order valence-corrected chi connectivity index (χ3v) is 5.16. The van der Waals surface area contributed by atoms with E-state index in [1.54, 1.807) is 6.92 Å². The van der Waals surface area contributed by atoms with Crippen LogP contribution in [-0.2, 0) is 10.0 Å². The van der Waals surface area contributed by atoms with Crippen molar-refractivity contribution in [2.75, 3.05) is 4.72 Å². The Labute approximate surface area is 136 Å². The Balaban J connectivity index is 2.24. The molecular formula is C15H14N2O6S. The van der Waals surface area contributed by atoms with Gasteiger partial charge < -0.3 is 14.0 Å². The van der Waals surface area contributed by atoms with E-state index in [0.717, 1.165) is 0 Å². The van der Waals surface area contributed by atoms with Crippen LogP contribution in [0.25, 0.3) is 11.0 Å². The summed E-state index contributed by atoms with van der Waals surface area (Å²) in [6, 6.07) is 4.14. The lowest BCUT2D eigenvalue weighted by Crippen LogP contribution is -2.15. The zero-order chi connectivity index (χ0) is 17.6. The van der Waals surface area contributed by atoms with Crippen molar-refractivity contribution in [3.8, 4) is 5.75 Å². The van der Waals surface area contributed by atoms with Crippen molar-refractivity contribution in [1.82, 2.24) is 5.16 Å². The Morgan fingerprint density at radius 1 is 1.21 bits per heavy atom. The van der Waals surface area contributed by atoms with Gasteiger partial charge in [-0.25, -0.2) is 13.2 Å². The number of hydrogen-bond acceptors (Lipinski definition) is 7. The molecule has 8 nitrogen and oxygen atoms in total. The van der Waals surface area contributed by atoms with Gasteiger partial charge in [0.05, 0.1) is 0 Å². The molecule has 0 aliphatic rings. The van der Waals surface area contributed by atoms with E-state index < -0.39 is 15.6 Å². The van der Waals surface area contributed by atoms with Crippen molar-refractivity contribution in [2.45, 2.75) is 25.7 Å². The normalized spacial score (nSPS) is 11.8. The standard InChI is InChI=1S/C15H14N2O6S/c1-7-6-12(19)22-14-10(7)4-5-11(18)13(14)17-24(20,21)15-8(2)16-23-9(15)3/h4-6,17-18H,1-3H3. The molecule has 0 amide bonds. The first kappa shape index (κ1) is 16.1. The molecule has 24 heavy (non-hydrogen) atoms. The van der Waals surface area contributed by atoms with E-state index in [9.17, 15) is 18.3 Å². The molecule has 9 heteroatoms. The quantitative estimate of drug-likeness (QED) is 0.548. The number of hydrogen-bond donors (Lipinski definition) is 2. The van der Waals surface area contributed by atoms with Gasteiger partial charge >= 0.3 is 5.63 Å². The predicted octanol–water partition coefficient (Wildman–Crippen LogP) is 2.21. The lowest BCUT2D eigenvalue weighted by atomic mass is 10.1. The molecule has 1 aromatic carbocycles. The smallest absolute Gasteiger partial charge is 0.336 e. The summed E-state index contributed by atoms with van der Waals surface area (Å²) in [5.74, 6) is -0.260. The summed E-state index contributed by atoms with van der Waals surface area (Å²) in [5, 5.41) is 14.2.